The third kappa shape index (κ3) is 2.79. The quantitative estimate of drug-likeness (QED) is 0.642. The summed E-state index contributed by atoms with van der Waals surface area (Å²) in [5.41, 5.74) is 0.739. The van der Waals surface area contributed by atoms with Gasteiger partial charge >= 0.3 is 0 Å². The molecule has 1 atom stereocenters. The fourth-order valence-electron chi connectivity index (χ4n) is 2.50. The van der Waals surface area contributed by atoms with E-state index in [1.54, 1.807) is 23.5 Å². The molecule has 0 radical (unpaired) electrons. The number of nitriles is 1. The van der Waals surface area contributed by atoms with Crippen LogP contribution in [0.15, 0.2) is 35.7 Å². The van der Waals surface area contributed by atoms with E-state index in [9.17, 15) is 10.1 Å². The van der Waals surface area contributed by atoms with E-state index in [-0.39, 0.29) is 17.4 Å². The molecule has 1 aromatic heterocycles. The number of rotatable bonds is 3. The Morgan fingerprint density at radius 3 is 3.00 bits per heavy atom. The van der Waals surface area contributed by atoms with Gasteiger partial charge in [0.05, 0.1) is 11.5 Å². The highest BCUT2D eigenvalue weighted by Gasteiger charge is 2.24. The maximum absolute atomic E-state index is 10.9. The Bertz CT molecular complexity index is 724. The van der Waals surface area contributed by atoms with Crippen molar-refractivity contribution in [3.8, 4) is 6.07 Å². The second-order valence-corrected chi connectivity index (χ2v) is 5.87. The summed E-state index contributed by atoms with van der Waals surface area (Å²) in [5.74, 6) is 0. The molecular formula is C15H13N3O3S. The van der Waals surface area contributed by atoms with E-state index >= 15 is 0 Å². The van der Waals surface area contributed by atoms with Gasteiger partial charge in [-0.1, -0.05) is 6.07 Å². The average Bonchev–Trinajstić information content (AvgIpc) is 3.08. The van der Waals surface area contributed by atoms with E-state index in [0.29, 0.717) is 19.7 Å². The zero-order valence-electron chi connectivity index (χ0n) is 11.6. The lowest BCUT2D eigenvalue weighted by Gasteiger charge is -2.34. The highest BCUT2D eigenvalue weighted by molar-refractivity contribution is 7.10. The van der Waals surface area contributed by atoms with Crippen LogP contribution < -0.4 is 4.90 Å². The zero-order chi connectivity index (χ0) is 15.5. The van der Waals surface area contributed by atoms with Gasteiger partial charge in [-0.05, 0) is 23.6 Å². The van der Waals surface area contributed by atoms with Gasteiger partial charge in [-0.2, -0.15) is 5.26 Å². The van der Waals surface area contributed by atoms with E-state index in [4.69, 9.17) is 10.00 Å². The number of nitrogens with zero attached hydrogens (tertiary/aromatic N) is 3. The Morgan fingerprint density at radius 1 is 1.45 bits per heavy atom. The summed E-state index contributed by atoms with van der Waals surface area (Å²) in [6, 6.07) is 10.6. The third-order valence-electron chi connectivity index (χ3n) is 3.59. The molecule has 22 heavy (non-hydrogen) atoms. The van der Waals surface area contributed by atoms with Crippen LogP contribution in [-0.2, 0) is 4.74 Å². The molecule has 1 aromatic carbocycles. The Kier molecular flexibility index (Phi) is 4.04. The van der Waals surface area contributed by atoms with Gasteiger partial charge in [0.2, 0.25) is 0 Å². The zero-order valence-corrected chi connectivity index (χ0v) is 12.5. The first-order valence-corrected chi connectivity index (χ1v) is 7.65. The van der Waals surface area contributed by atoms with Crippen molar-refractivity contribution < 1.29 is 9.66 Å². The molecule has 6 nitrogen and oxygen atoms in total. The summed E-state index contributed by atoms with van der Waals surface area (Å²) in [4.78, 5) is 13.6. The van der Waals surface area contributed by atoms with E-state index in [2.05, 4.69) is 4.90 Å². The van der Waals surface area contributed by atoms with Gasteiger partial charge in [0.1, 0.15) is 17.7 Å². The summed E-state index contributed by atoms with van der Waals surface area (Å²) in [7, 11) is 0. The van der Waals surface area contributed by atoms with Gasteiger partial charge in [0, 0.05) is 29.7 Å². The number of ether oxygens (including phenoxy) is 1. The number of thiophene rings is 1. The van der Waals surface area contributed by atoms with Crippen LogP contribution in [0, 0.1) is 21.4 Å². The Labute approximate surface area is 131 Å². The molecule has 0 spiro atoms. The van der Waals surface area contributed by atoms with E-state index in [0.717, 1.165) is 10.6 Å². The van der Waals surface area contributed by atoms with Crippen LogP contribution in [0.4, 0.5) is 11.4 Å². The van der Waals surface area contributed by atoms with E-state index in [1.807, 2.05) is 23.6 Å². The van der Waals surface area contributed by atoms with E-state index in [1.165, 1.54) is 6.07 Å². The predicted molar refractivity (Wildman–Crippen MR) is 83.0 cm³/mol. The smallest absolute Gasteiger partial charge is 0.287 e. The maximum Gasteiger partial charge on any atom is 0.287 e. The lowest BCUT2D eigenvalue weighted by atomic mass is 10.1. The molecule has 112 valence electrons. The molecular weight excluding hydrogens is 302 g/mol. The molecule has 0 N–H and O–H groups in total. The van der Waals surface area contributed by atoms with Gasteiger partial charge in [-0.25, -0.2) is 0 Å². The van der Waals surface area contributed by atoms with Crippen LogP contribution in [0.5, 0.6) is 0 Å². The normalized spacial score (nSPS) is 18.0. The Morgan fingerprint density at radius 2 is 2.32 bits per heavy atom. The second-order valence-electron chi connectivity index (χ2n) is 4.89. The fourth-order valence-corrected chi connectivity index (χ4v) is 3.27. The molecule has 3 rings (SSSR count). The van der Waals surface area contributed by atoms with Crippen molar-refractivity contribution in [1.29, 1.82) is 5.26 Å². The van der Waals surface area contributed by atoms with Crippen molar-refractivity contribution in [2.75, 3.05) is 24.6 Å². The van der Waals surface area contributed by atoms with E-state index < -0.39 is 4.92 Å². The molecule has 0 bridgehead atoms. The standard InChI is InChI=1S/C15H13N3O3S/c16-9-11-8-12(3-4-13(11)18(19)20)17-5-6-21-14(10-17)15-2-1-7-22-15/h1-4,7-8,14H,5-6,10H2. The summed E-state index contributed by atoms with van der Waals surface area (Å²) < 4.78 is 5.79. The summed E-state index contributed by atoms with van der Waals surface area (Å²) in [6.45, 7) is 1.95. The highest BCUT2D eigenvalue weighted by atomic mass is 32.1. The topological polar surface area (TPSA) is 79.4 Å². The Balaban J connectivity index is 1.85. The maximum atomic E-state index is 10.9. The number of anilines is 1. The minimum absolute atomic E-state index is 0.00511. The molecule has 1 aliphatic heterocycles. The van der Waals surface area contributed by atoms with Crippen molar-refractivity contribution in [1.82, 2.24) is 0 Å². The van der Waals surface area contributed by atoms with Crippen LogP contribution in [0.25, 0.3) is 0 Å². The van der Waals surface area contributed by atoms with Crippen LogP contribution in [-0.4, -0.2) is 24.6 Å². The minimum atomic E-state index is -0.532. The van der Waals surface area contributed by atoms with Gasteiger partial charge in [-0.15, -0.1) is 11.3 Å². The van der Waals surface area contributed by atoms with Crippen molar-refractivity contribution in [3.05, 3.63) is 56.3 Å². The number of hydrogen-bond donors (Lipinski definition) is 0. The number of nitro groups is 1. The molecule has 0 amide bonds. The lowest BCUT2D eigenvalue weighted by molar-refractivity contribution is -0.385. The predicted octanol–water partition coefficient (Wildman–Crippen LogP) is 3.11. The number of nitro benzene ring substituents is 1. The van der Waals surface area contributed by atoms with Crippen LogP contribution >= 0.6 is 11.3 Å². The van der Waals surface area contributed by atoms with Gasteiger partial charge < -0.3 is 9.64 Å². The molecule has 7 heteroatoms. The molecule has 0 aliphatic carbocycles. The molecule has 1 fully saturated rings. The Hall–Kier alpha value is -2.43. The first-order chi connectivity index (χ1) is 10.7. The first kappa shape index (κ1) is 14.5. The fraction of sp³-hybridized carbons (Fsp3) is 0.267. The monoisotopic (exact) mass is 315 g/mol. The minimum Gasteiger partial charge on any atom is -0.369 e. The summed E-state index contributed by atoms with van der Waals surface area (Å²) in [5, 5.41) is 22.0. The molecule has 1 aliphatic rings. The third-order valence-corrected chi connectivity index (χ3v) is 4.55. The molecule has 1 unspecified atom stereocenters. The van der Waals surface area contributed by atoms with Gasteiger partial charge in [0.25, 0.3) is 5.69 Å². The largest absolute Gasteiger partial charge is 0.369 e. The molecule has 0 saturated carbocycles. The van der Waals surface area contributed by atoms with Crippen molar-refractivity contribution in [2.24, 2.45) is 0 Å². The second kappa shape index (κ2) is 6.13. The molecule has 2 heterocycles. The van der Waals surface area contributed by atoms with Crippen molar-refractivity contribution >= 4 is 22.7 Å². The average molecular weight is 315 g/mol. The van der Waals surface area contributed by atoms with Crippen molar-refractivity contribution in [2.45, 2.75) is 6.10 Å². The van der Waals surface area contributed by atoms with Gasteiger partial charge in [-0.3, -0.25) is 10.1 Å². The number of morpholine rings is 1. The van der Waals surface area contributed by atoms with Gasteiger partial charge in [0.15, 0.2) is 0 Å². The number of hydrogen-bond acceptors (Lipinski definition) is 6. The van der Waals surface area contributed by atoms with Crippen LogP contribution in [0.2, 0.25) is 0 Å². The first-order valence-electron chi connectivity index (χ1n) is 6.77. The van der Waals surface area contributed by atoms with Crippen molar-refractivity contribution in [3.63, 3.8) is 0 Å². The number of benzene rings is 1. The summed E-state index contributed by atoms with van der Waals surface area (Å²) in [6.07, 6.45) is -0.00511. The van der Waals surface area contributed by atoms with Crippen LogP contribution in [0.1, 0.15) is 16.5 Å². The molecule has 1 saturated heterocycles. The van der Waals surface area contributed by atoms with Crippen LogP contribution in [0.3, 0.4) is 0 Å². The lowest BCUT2D eigenvalue weighted by Crippen LogP contribution is -2.38. The molecule has 2 aromatic rings. The highest BCUT2D eigenvalue weighted by Crippen LogP contribution is 2.30. The summed E-state index contributed by atoms with van der Waals surface area (Å²) >= 11 is 1.65. The SMILES string of the molecule is N#Cc1cc(N2CCOC(c3cccs3)C2)ccc1[N+](=O)[O-].